The number of amides is 2. The Bertz CT molecular complexity index is 1170. The molecule has 8 heteroatoms. The van der Waals surface area contributed by atoms with Crippen molar-refractivity contribution >= 4 is 17.4 Å². The first-order chi connectivity index (χ1) is 16.0. The molecule has 1 N–H and O–H groups in total. The number of rotatable bonds is 7. The van der Waals surface area contributed by atoms with Crippen molar-refractivity contribution in [2.75, 3.05) is 19.0 Å². The molecule has 6 nitrogen and oxygen atoms in total. The highest BCUT2D eigenvalue weighted by atomic mass is 19.1. The first-order valence-corrected chi connectivity index (χ1v) is 10.4. The summed E-state index contributed by atoms with van der Waals surface area (Å²) in [6, 6.07) is 18.9. The Morgan fingerprint density at radius 3 is 2.52 bits per heavy atom. The zero-order chi connectivity index (χ0) is 23.2. The third-order valence-electron chi connectivity index (χ3n) is 5.30. The van der Waals surface area contributed by atoms with Crippen molar-refractivity contribution in [1.29, 1.82) is 0 Å². The molecule has 1 atom stereocenters. The van der Waals surface area contributed by atoms with Crippen molar-refractivity contribution in [3.8, 4) is 5.75 Å². The lowest BCUT2D eigenvalue weighted by molar-refractivity contribution is 0.0606. The number of halogens is 2. The van der Waals surface area contributed by atoms with Gasteiger partial charge in [0.25, 0.3) is 0 Å². The molecule has 0 saturated carbocycles. The molecule has 0 spiro atoms. The van der Waals surface area contributed by atoms with Crippen LogP contribution in [0, 0.1) is 11.6 Å². The first-order valence-electron chi connectivity index (χ1n) is 10.4. The van der Waals surface area contributed by atoms with Crippen molar-refractivity contribution in [1.82, 2.24) is 4.90 Å². The molecule has 4 rings (SSSR count). The van der Waals surface area contributed by atoms with E-state index in [1.807, 2.05) is 24.3 Å². The molecule has 0 aliphatic carbocycles. The maximum absolute atomic E-state index is 14.3. The van der Waals surface area contributed by atoms with Gasteiger partial charge >= 0.3 is 6.03 Å². The van der Waals surface area contributed by atoms with E-state index >= 15 is 0 Å². The van der Waals surface area contributed by atoms with E-state index in [1.54, 1.807) is 31.4 Å². The summed E-state index contributed by atoms with van der Waals surface area (Å²) in [7, 11) is 1.58. The van der Waals surface area contributed by atoms with Crippen LogP contribution in [0.3, 0.4) is 0 Å². The van der Waals surface area contributed by atoms with E-state index < -0.39 is 23.8 Å². The Balaban J connectivity index is 1.51. The van der Waals surface area contributed by atoms with Gasteiger partial charge in [0.15, 0.2) is 6.10 Å². The zero-order valence-corrected chi connectivity index (χ0v) is 18.0. The molecule has 1 unspecified atom stereocenters. The van der Waals surface area contributed by atoms with Gasteiger partial charge in [0.2, 0.25) is 0 Å². The van der Waals surface area contributed by atoms with Crippen LogP contribution in [0.2, 0.25) is 0 Å². The molecule has 33 heavy (non-hydrogen) atoms. The number of carbonyl (C=O) groups excluding carboxylic acids is 1. The molecule has 0 bridgehead atoms. The second-order valence-electron chi connectivity index (χ2n) is 7.55. The fraction of sp³-hybridized carbons (Fsp3) is 0.200. The summed E-state index contributed by atoms with van der Waals surface area (Å²) in [6.45, 7) is 0.105. The number of hydrogen-bond donors (Lipinski definition) is 1. The second-order valence-corrected chi connectivity index (χ2v) is 7.55. The Morgan fingerprint density at radius 1 is 1.06 bits per heavy atom. The molecule has 3 aromatic carbocycles. The second kappa shape index (κ2) is 10.1. The molecule has 2 amide bonds. The normalized spacial score (nSPS) is 14.9. The Labute approximate surface area is 190 Å². The molecule has 0 radical (unpaired) electrons. The Morgan fingerprint density at radius 2 is 1.76 bits per heavy atom. The van der Waals surface area contributed by atoms with E-state index in [1.165, 1.54) is 29.2 Å². The smallest absolute Gasteiger partial charge is 0.322 e. The average molecular weight is 451 g/mol. The van der Waals surface area contributed by atoms with Crippen molar-refractivity contribution in [2.45, 2.75) is 19.1 Å². The SMILES string of the molecule is COc1ccccc1C1=NOC(CN(Cc2ccccc2F)C(=O)Nc2ccccc2F)C1. The summed E-state index contributed by atoms with van der Waals surface area (Å²) in [5.74, 6) is -0.323. The van der Waals surface area contributed by atoms with Crippen molar-refractivity contribution in [3.63, 3.8) is 0 Å². The highest BCUT2D eigenvalue weighted by molar-refractivity contribution is 6.03. The number of urea groups is 1. The highest BCUT2D eigenvalue weighted by Crippen LogP contribution is 2.25. The van der Waals surface area contributed by atoms with Crippen LogP contribution in [-0.2, 0) is 11.4 Å². The molecule has 1 aliphatic heterocycles. The number of oxime groups is 1. The molecule has 0 fully saturated rings. The Hall–Kier alpha value is -3.94. The highest BCUT2D eigenvalue weighted by Gasteiger charge is 2.28. The van der Waals surface area contributed by atoms with Gasteiger partial charge in [-0.15, -0.1) is 0 Å². The topological polar surface area (TPSA) is 63.2 Å². The summed E-state index contributed by atoms with van der Waals surface area (Å²) in [5.41, 5.74) is 1.88. The van der Waals surface area contributed by atoms with E-state index in [0.29, 0.717) is 23.4 Å². The number of para-hydroxylation sites is 2. The minimum Gasteiger partial charge on any atom is -0.496 e. The molecular weight excluding hydrogens is 428 g/mol. The molecule has 170 valence electrons. The number of nitrogens with zero attached hydrogens (tertiary/aromatic N) is 2. The van der Waals surface area contributed by atoms with Crippen LogP contribution < -0.4 is 10.1 Å². The van der Waals surface area contributed by atoms with Gasteiger partial charge in [0.05, 0.1) is 31.6 Å². The maximum Gasteiger partial charge on any atom is 0.322 e. The van der Waals surface area contributed by atoms with Gasteiger partial charge in [-0.25, -0.2) is 13.6 Å². The largest absolute Gasteiger partial charge is 0.496 e. The minimum absolute atomic E-state index is 0.0171. The molecule has 1 heterocycles. The van der Waals surface area contributed by atoms with E-state index in [2.05, 4.69) is 10.5 Å². The fourth-order valence-electron chi connectivity index (χ4n) is 3.62. The zero-order valence-electron chi connectivity index (χ0n) is 18.0. The lowest BCUT2D eigenvalue weighted by atomic mass is 10.0. The standard InChI is InChI=1S/C25H23F2N3O3/c1-32-24-13-7-3-9-19(24)23-14-18(33-29-23)16-30(15-17-8-2-4-10-20(17)26)25(31)28-22-12-6-5-11-21(22)27/h2-13,18H,14-16H2,1H3,(H,28,31). The quantitative estimate of drug-likeness (QED) is 0.537. The number of ether oxygens (including phenoxy) is 1. The molecule has 0 aromatic heterocycles. The number of benzene rings is 3. The van der Waals surface area contributed by atoms with Gasteiger partial charge in [-0.3, -0.25) is 0 Å². The third-order valence-corrected chi connectivity index (χ3v) is 5.30. The van der Waals surface area contributed by atoms with E-state index in [4.69, 9.17) is 9.57 Å². The maximum atomic E-state index is 14.3. The number of nitrogens with one attached hydrogen (secondary N) is 1. The predicted molar refractivity (Wildman–Crippen MR) is 121 cm³/mol. The van der Waals surface area contributed by atoms with Crippen molar-refractivity contribution < 1.29 is 23.1 Å². The summed E-state index contributed by atoms with van der Waals surface area (Å²) in [6.07, 6.45) is -0.0238. The van der Waals surface area contributed by atoms with Gasteiger partial charge in [-0.05, 0) is 30.3 Å². The monoisotopic (exact) mass is 451 g/mol. The summed E-state index contributed by atoms with van der Waals surface area (Å²) >= 11 is 0. The minimum atomic E-state index is -0.572. The predicted octanol–water partition coefficient (Wildman–Crippen LogP) is 5.20. The number of carbonyl (C=O) groups is 1. The summed E-state index contributed by atoms with van der Waals surface area (Å²) in [5, 5.41) is 6.74. The summed E-state index contributed by atoms with van der Waals surface area (Å²) in [4.78, 5) is 20.0. The number of hydrogen-bond acceptors (Lipinski definition) is 4. The molecule has 0 saturated heterocycles. The van der Waals surface area contributed by atoms with Crippen LogP contribution in [0.4, 0.5) is 19.3 Å². The van der Waals surface area contributed by atoms with Crippen LogP contribution in [0.25, 0.3) is 0 Å². The molecular formula is C25H23F2N3O3. The van der Waals surface area contributed by atoms with Crippen LogP contribution >= 0.6 is 0 Å². The number of methoxy groups -OCH3 is 1. The van der Waals surface area contributed by atoms with Crippen LogP contribution in [-0.4, -0.2) is 36.4 Å². The van der Waals surface area contributed by atoms with Gasteiger partial charge in [-0.1, -0.05) is 47.6 Å². The first kappa shape index (κ1) is 22.3. The fourth-order valence-corrected chi connectivity index (χ4v) is 3.62. The van der Waals surface area contributed by atoms with Gasteiger partial charge in [0, 0.05) is 17.5 Å². The van der Waals surface area contributed by atoms with Gasteiger partial charge in [0.1, 0.15) is 17.4 Å². The van der Waals surface area contributed by atoms with E-state index in [9.17, 15) is 13.6 Å². The average Bonchev–Trinajstić information content (AvgIpc) is 3.30. The third kappa shape index (κ3) is 5.28. The van der Waals surface area contributed by atoms with E-state index in [0.717, 1.165) is 5.56 Å². The summed E-state index contributed by atoms with van der Waals surface area (Å²) < 4.78 is 33.8. The number of anilines is 1. The van der Waals surface area contributed by atoms with Crippen LogP contribution in [0.1, 0.15) is 17.5 Å². The molecule has 1 aliphatic rings. The van der Waals surface area contributed by atoms with Crippen molar-refractivity contribution in [2.24, 2.45) is 5.16 Å². The molecule has 3 aromatic rings. The van der Waals surface area contributed by atoms with Gasteiger partial charge < -0.3 is 19.8 Å². The van der Waals surface area contributed by atoms with E-state index in [-0.39, 0.29) is 18.8 Å². The Kier molecular flexibility index (Phi) is 6.83. The van der Waals surface area contributed by atoms with Crippen molar-refractivity contribution in [3.05, 3.63) is 95.6 Å². The van der Waals surface area contributed by atoms with Crippen LogP contribution in [0.5, 0.6) is 5.75 Å². The van der Waals surface area contributed by atoms with Gasteiger partial charge in [-0.2, -0.15) is 0 Å². The lowest BCUT2D eigenvalue weighted by Crippen LogP contribution is -2.40. The van der Waals surface area contributed by atoms with Crippen LogP contribution in [0.15, 0.2) is 78.0 Å². The lowest BCUT2D eigenvalue weighted by Gasteiger charge is -2.25.